The zero-order valence-corrected chi connectivity index (χ0v) is 15.2. The van der Waals surface area contributed by atoms with Gasteiger partial charge >= 0.3 is 0 Å². The Morgan fingerprint density at radius 3 is 2.64 bits per heavy atom. The quantitative estimate of drug-likeness (QED) is 0.560. The second kappa shape index (κ2) is 7.40. The fourth-order valence-electron chi connectivity index (χ4n) is 2.97. The summed E-state index contributed by atoms with van der Waals surface area (Å²) in [5, 5.41) is 4.21. The molecule has 0 aliphatic carbocycles. The number of pyridine rings is 1. The first-order valence-corrected chi connectivity index (χ1v) is 8.64. The minimum absolute atomic E-state index is 0.333. The number of primary amides is 1. The molecule has 0 aliphatic rings. The first-order valence-electron chi connectivity index (χ1n) is 8.64. The molecule has 2 N–H and O–H groups in total. The highest BCUT2D eigenvalue weighted by molar-refractivity contribution is 5.99. The van der Waals surface area contributed by atoms with Crippen LogP contribution in [0.25, 0.3) is 16.9 Å². The molecule has 0 radical (unpaired) electrons. The Bertz CT molecular complexity index is 1140. The van der Waals surface area contributed by atoms with Crippen LogP contribution in [0.15, 0.2) is 67.0 Å². The Hall–Kier alpha value is -3.87. The Balaban J connectivity index is 1.55. The summed E-state index contributed by atoms with van der Waals surface area (Å²) in [6, 6.07) is 18.9. The molecule has 1 amide bonds. The maximum Gasteiger partial charge on any atom is 0.252 e. The molecule has 0 fully saturated rings. The third-order valence-electron chi connectivity index (χ3n) is 4.38. The second-order valence-electron chi connectivity index (χ2n) is 6.16. The lowest BCUT2D eigenvalue weighted by Crippen LogP contribution is -2.13. The number of methoxy groups -OCH3 is 1. The molecular formula is C21H18N4O3. The van der Waals surface area contributed by atoms with Crippen molar-refractivity contribution in [3.63, 3.8) is 0 Å². The minimum Gasteiger partial charge on any atom is -0.497 e. The van der Waals surface area contributed by atoms with E-state index in [1.165, 1.54) is 6.33 Å². The van der Waals surface area contributed by atoms with Crippen molar-refractivity contribution in [3.05, 3.63) is 78.1 Å². The van der Waals surface area contributed by atoms with Gasteiger partial charge in [-0.2, -0.15) is 5.10 Å². The van der Waals surface area contributed by atoms with Gasteiger partial charge in [-0.25, -0.2) is 9.50 Å². The normalized spacial score (nSPS) is 10.8. The maximum absolute atomic E-state index is 11.6. The van der Waals surface area contributed by atoms with Crippen LogP contribution < -0.4 is 15.2 Å². The molecule has 4 rings (SSSR count). The lowest BCUT2D eigenvalue weighted by molar-refractivity contribution is 0.100. The fraction of sp³-hybridized carbons (Fsp3) is 0.0952. The number of ether oxygens (including phenoxy) is 2. The average Bonchev–Trinajstić information content (AvgIpc) is 3.22. The van der Waals surface area contributed by atoms with Gasteiger partial charge in [-0.3, -0.25) is 4.79 Å². The third kappa shape index (κ3) is 3.37. The molecule has 0 unspecified atom stereocenters. The van der Waals surface area contributed by atoms with Crippen molar-refractivity contribution in [3.8, 4) is 22.8 Å². The van der Waals surface area contributed by atoms with E-state index in [2.05, 4.69) is 10.1 Å². The van der Waals surface area contributed by atoms with E-state index >= 15 is 0 Å². The second-order valence-corrected chi connectivity index (χ2v) is 6.16. The van der Waals surface area contributed by atoms with Gasteiger partial charge < -0.3 is 15.2 Å². The van der Waals surface area contributed by atoms with E-state index in [-0.39, 0.29) is 0 Å². The van der Waals surface area contributed by atoms with E-state index in [1.807, 2.05) is 48.5 Å². The van der Waals surface area contributed by atoms with Crippen LogP contribution in [0, 0.1) is 0 Å². The van der Waals surface area contributed by atoms with E-state index in [0.717, 1.165) is 28.3 Å². The Kier molecular flexibility index (Phi) is 4.63. The highest BCUT2D eigenvalue weighted by Gasteiger charge is 2.13. The Labute approximate surface area is 161 Å². The van der Waals surface area contributed by atoms with E-state index in [4.69, 9.17) is 15.2 Å². The van der Waals surface area contributed by atoms with Crippen molar-refractivity contribution in [2.75, 3.05) is 7.11 Å². The van der Waals surface area contributed by atoms with Gasteiger partial charge in [-0.05, 0) is 54.1 Å². The van der Waals surface area contributed by atoms with Gasteiger partial charge in [-0.1, -0.05) is 12.1 Å². The minimum atomic E-state index is -0.536. The summed E-state index contributed by atoms with van der Waals surface area (Å²) >= 11 is 0. The number of benzene rings is 2. The number of carbonyl (C=O) groups excluding carboxylic acids is 1. The summed E-state index contributed by atoms with van der Waals surface area (Å²) in [6.07, 6.45) is 1.40. The summed E-state index contributed by atoms with van der Waals surface area (Å²) in [5.41, 5.74) is 8.91. The van der Waals surface area contributed by atoms with Crippen LogP contribution in [0.4, 0.5) is 0 Å². The number of aromatic nitrogens is 3. The van der Waals surface area contributed by atoms with E-state index in [9.17, 15) is 4.79 Å². The van der Waals surface area contributed by atoms with Gasteiger partial charge in [0.2, 0.25) is 0 Å². The summed E-state index contributed by atoms with van der Waals surface area (Å²) < 4.78 is 12.7. The van der Waals surface area contributed by atoms with Crippen LogP contribution in [0.3, 0.4) is 0 Å². The number of amides is 1. The van der Waals surface area contributed by atoms with Gasteiger partial charge in [0.1, 0.15) is 24.4 Å². The van der Waals surface area contributed by atoms with E-state index in [0.29, 0.717) is 17.8 Å². The first kappa shape index (κ1) is 17.5. The standard InChI is InChI=1S/C21H18N4O3/c1-27-17-4-2-3-14(11-17)12-28-16-7-5-15(6-8-16)19-10-9-18(20(22)26)21-23-13-24-25(19)21/h2-11,13H,12H2,1H3,(H2,22,26). The molecule has 28 heavy (non-hydrogen) atoms. The number of nitrogens with zero attached hydrogens (tertiary/aromatic N) is 3. The van der Waals surface area contributed by atoms with Gasteiger partial charge in [-0.15, -0.1) is 0 Å². The number of nitrogens with two attached hydrogens (primary N) is 1. The molecule has 4 aromatic rings. The predicted octanol–water partition coefficient (Wildman–Crippen LogP) is 3.08. The number of hydrogen-bond donors (Lipinski definition) is 1. The molecule has 0 atom stereocenters. The molecule has 140 valence electrons. The molecule has 2 aromatic carbocycles. The van der Waals surface area contributed by atoms with Crippen LogP contribution in [0.2, 0.25) is 0 Å². The molecule has 0 saturated carbocycles. The Morgan fingerprint density at radius 2 is 1.89 bits per heavy atom. The predicted molar refractivity (Wildman–Crippen MR) is 104 cm³/mol. The molecule has 2 heterocycles. The van der Waals surface area contributed by atoms with Crippen molar-refractivity contribution in [2.45, 2.75) is 6.61 Å². The lowest BCUT2D eigenvalue weighted by atomic mass is 10.1. The largest absolute Gasteiger partial charge is 0.497 e. The SMILES string of the molecule is COc1cccc(COc2ccc(-c3ccc(C(N)=O)c4ncnn34)cc2)c1. The van der Waals surface area contributed by atoms with Crippen LogP contribution >= 0.6 is 0 Å². The van der Waals surface area contributed by atoms with Gasteiger partial charge in [0.05, 0.1) is 18.4 Å². The van der Waals surface area contributed by atoms with Crippen LogP contribution in [0.5, 0.6) is 11.5 Å². The number of rotatable bonds is 6. The average molecular weight is 374 g/mol. The number of hydrogen-bond acceptors (Lipinski definition) is 5. The van der Waals surface area contributed by atoms with Gasteiger partial charge in [0.15, 0.2) is 5.65 Å². The highest BCUT2D eigenvalue weighted by atomic mass is 16.5. The summed E-state index contributed by atoms with van der Waals surface area (Å²) in [6.45, 7) is 0.442. The molecular weight excluding hydrogens is 356 g/mol. The van der Waals surface area contributed by atoms with Crippen LogP contribution in [-0.4, -0.2) is 27.6 Å². The summed E-state index contributed by atoms with van der Waals surface area (Å²) in [7, 11) is 1.64. The van der Waals surface area contributed by atoms with E-state index < -0.39 is 5.91 Å². The van der Waals surface area contributed by atoms with Crippen LogP contribution in [0.1, 0.15) is 15.9 Å². The van der Waals surface area contributed by atoms with Gasteiger partial charge in [0, 0.05) is 5.56 Å². The highest BCUT2D eigenvalue weighted by Crippen LogP contribution is 2.25. The topological polar surface area (TPSA) is 91.7 Å². The van der Waals surface area contributed by atoms with Crippen molar-refractivity contribution in [1.82, 2.24) is 14.6 Å². The summed E-state index contributed by atoms with van der Waals surface area (Å²) in [5.74, 6) is 1.01. The zero-order chi connectivity index (χ0) is 19.5. The lowest BCUT2D eigenvalue weighted by Gasteiger charge is -2.10. The number of fused-ring (bicyclic) bond motifs is 1. The third-order valence-corrected chi connectivity index (χ3v) is 4.38. The molecule has 7 heteroatoms. The zero-order valence-electron chi connectivity index (χ0n) is 15.2. The molecule has 0 spiro atoms. The molecule has 0 saturated heterocycles. The van der Waals surface area contributed by atoms with Crippen molar-refractivity contribution >= 4 is 11.6 Å². The van der Waals surface area contributed by atoms with Crippen molar-refractivity contribution in [2.24, 2.45) is 5.73 Å². The monoisotopic (exact) mass is 374 g/mol. The number of carbonyl (C=O) groups is 1. The maximum atomic E-state index is 11.6. The summed E-state index contributed by atoms with van der Waals surface area (Å²) in [4.78, 5) is 15.7. The fourth-order valence-corrected chi connectivity index (χ4v) is 2.97. The van der Waals surface area contributed by atoms with Crippen LogP contribution in [-0.2, 0) is 6.61 Å². The van der Waals surface area contributed by atoms with Gasteiger partial charge in [0.25, 0.3) is 5.91 Å². The Morgan fingerprint density at radius 1 is 1.07 bits per heavy atom. The van der Waals surface area contributed by atoms with Crippen molar-refractivity contribution < 1.29 is 14.3 Å². The smallest absolute Gasteiger partial charge is 0.252 e. The van der Waals surface area contributed by atoms with E-state index in [1.54, 1.807) is 23.8 Å². The van der Waals surface area contributed by atoms with Crippen molar-refractivity contribution in [1.29, 1.82) is 0 Å². The first-order chi connectivity index (χ1) is 13.7. The molecule has 2 aromatic heterocycles. The molecule has 0 bridgehead atoms. The molecule has 0 aliphatic heterocycles. The molecule has 7 nitrogen and oxygen atoms in total.